The van der Waals surface area contributed by atoms with Crippen molar-refractivity contribution in [2.45, 2.75) is 52.0 Å². The zero-order chi connectivity index (χ0) is 12.2. The topological polar surface area (TPSA) is 15.3 Å². The van der Waals surface area contributed by atoms with Crippen LogP contribution >= 0.6 is 0 Å². The highest BCUT2D eigenvalue weighted by molar-refractivity contribution is 4.66. The monoisotopic (exact) mass is 226 g/mol. The Labute approximate surface area is 102 Å². The van der Waals surface area contributed by atoms with Gasteiger partial charge in [-0.3, -0.25) is 0 Å². The molecule has 0 spiro atoms. The van der Waals surface area contributed by atoms with Crippen molar-refractivity contribution in [3.05, 3.63) is 12.7 Å². The van der Waals surface area contributed by atoms with Crippen molar-refractivity contribution in [2.75, 3.05) is 26.7 Å². The smallest absolute Gasteiger partial charge is 0.00103 e. The van der Waals surface area contributed by atoms with Gasteiger partial charge in [0.2, 0.25) is 0 Å². The quantitative estimate of drug-likeness (QED) is 0.430. The summed E-state index contributed by atoms with van der Waals surface area (Å²) in [5.74, 6) is 0. The van der Waals surface area contributed by atoms with Gasteiger partial charge >= 0.3 is 0 Å². The van der Waals surface area contributed by atoms with Crippen LogP contribution in [0.4, 0.5) is 0 Å². The molecule has 0 aliphatic heterocycles. The Morgan fingerprint density at radius 1 is 1.12 bits per heavy atom. The predicted molar refractivity (Wildman–Crippen MR) is 73.9 cm³/mol. The molecule has 0 unspecified atom stereocenters. The first-order valence-electron chi connectivity index (χ1n) is 6.69. The lowest BCUT2D eigenvalue weighted by molar-refractivity contribution is 0.320. The third-order valence-corrected chi connectivity index (χ3v) is 2.72. The van der Waals surface area contributed by atoms with Gasteiger partial charge in [-0.2, -0.15) is 0 Å². The molecule has 2 heteroatoms. The fraction of sp³-hybridized carbons (Fsp3) is 0.857. The van der Waals surface area contributed by atoms with Crippen molar-refractivity contribution in [3.63, 3.8) is 0 Å². The molecule has 0 aromatic rings. The highest BCUT2D eigenvalue weighted by Crippen LogP contribution is 1.99. The zero-order valence-corrected chi connectivity index (χ0v) is 11.5. The molecular formula is C14H30N2. The van der Waals surface area contributed by atoms with Crippen LogP contribution in [0, 0.1) is 0 Å². The molecule has 0 aliphatic carbocycles. The van der Waals surface area contributed by atoms with Crippen LogP contribution in [0.15, 0.2) is 12.7 Å². The normalized spacial score (nSPS) is 11.3. The largest absolute Gasteiger partial charge is 0.315 e. The van der Waals surface area contributed by atoms with Crippen molar-refractivity contribution < 1.29 is 0 Å². The fourth-order valence-corrected chi connectivity index (χ4v) is 1.69. The van der Waals surface area contributed by atoms with Crippen LogP contribution in [0.1, 0.15) is 46.0 Å². The highest BCUT2D eigenvalue weighted by Gasteiger charge is 1.97. The lowest BCUT2D eigenvalue weighted by Crippen LogP contribution is -2.24. The van der Waals surface area contributed by atoms with Crippen molar-refractivity contribution in [1.29, 1.82) is 0 Å². The summed E-state index contributed by atoms with van der Waals surface area (Å²) in [5.41, 5.74) is 0. The number of unbranched alkanes of at least 4 members (excludes halogenated alkanes) is 3. The minimum absolute atomic E-state index is 0.626. The van der Waals surface area contributed by atoms with E-state index in [2.05, 4.69) is 37.7 Å². The molecule has 1 N–H and O–H groups in total. The standard InChI is InChI=1S/C14H30N2/c1-5-6-9-12-16(4)13-10-7-8-11-15-14(2)3/h5,14-15H,1,6-13H2,2-4H3. The molecule has 96 valence electrons. The van der Waals surface area contributed by atoms with E-state index in [0.717, 1.165) is 13.0 Å². The summed E-state index contributed by atoms with van der Waals surface area (Å²) >= 11 is 0. The van der Waals surface area contributed by atoms with Crippen LogP contribution in [0.25, 0.3) is 0 Å². The number of hydrogen-bond donors (Lipinski definition) is 1. The van der Waals surface area contributed by atoms with Crippen LogP contribution in [0.2, 0.25) is 0 Å². The second-order valence-corrected chi connectivity index (χ2v) is 4.90. The van der Waals surface area contributed by atoms with E-state index in [1.165, 1.54) is 38.8 Å². The average Bonchev–Trinajstić information content (AvgIpc) is 2.23. The van der Waals surface area contributed by atoms with Crippen LogP contribution in [0.5, 0.6) is 0 Å². The highest BCUT2D eigenvalue weighted by atomic mass is 15.1. The number of nitrogens with zero attached hydrogens (tertiary/aromatic N) is 1. The first kappa shape index (κ1) is 15.7. The molecule has 0 saturated heterocycles. The molecule has 0 radical (unpaired) electrons. The number of rotatable bonds is 11. The van der Waals surface area contributed by atoms with Crippen LogP contribution in [0.3, 0.4) is 0 Å². The number of allylic oxidation sites excluding steroid dienone is 1. The van der Waals surface area contributed by atoms with Gasteiger partial charge in [-0.25, -0.2) is 0 Å². The van der Waals surface area contributed by atoms with Crippen molar-refractivity contribution >= 4 is 0 Å². The minimum Gasteiger partial charge on any atom is -0.315 e. The van der Waals surface area contributed by atoms with Gasteiger partial charge in [-0.15, -0.1) is 6.58 Å². The lowest BCUT2D eigenvalue weighted by atomic mass is 10.2. The summed E-state index contributed by atoms with van der Waals surface area (Å²) in [6, 6.07) is 0.626. The van der Waals surface area contributed by atoms with Gasteiger partial charge in [0.1, 0.15) is 0 Å². The summed E-state index contributed by atoms with van der Waals surface area (Å²) < 4.78 is 0. The lowest BCUT2D eigenvalue weighted by Gasteiger charge is -2.15. The molecule has 0 amide bonds. The van der Waals surface area contributed by atoms with E-state index in [0.29, 0.717) is 6.04 Å². The summed E-state index contributed by atoms with van der Waals surface area (Å²) in [7, 11) is 2.22. The molecule has 2 nitrogen and oxygen atoms in total. The first-order chi connectivity index (χ1) is 7.66. The van der Waals surface area contributed by atoms with Gasteiger partial charge in [0.15, 0.2) is 0 Å². The molecule has 0 rings (SSSR count). The van der Waals surface area contributed by atoms with Gasteiger partial charge in [0.25, 0.3) is 0 Å². The third-order valence-electron chi connectivity index (χ3n) is 2.72. The van der Waals surface area contributed by atoms with E-state index in [1.54, 1.807) is 0 Å². The van der Waals surface area contributed by atoms with Crippen molar-refractivity contribution in [1.82, 2.24) is 10.2 Å². The Morgan fingerprint density at radius 2 is 1.81 bits per heavy atom. The SMILES string of the molecule is C=CCCCN(C)CCCCCNC(C)C. The number of hydrogen-bond acceptors (Lipinski definition) is 2. The summed E-state index contributed by atoms with van der Waals surface area (Å²) in [6.07, 6.45) is 8.36. The summed E-state index contributed by atoms with van der Waals surface area (Å²) in [5, 5.41) is 3.45. The molecular weight excluding hydrogens is 196 g/mol. The van der Waals surface area contributed by atoms with Crippen LogP contribution in [-0.4, -0.2) is 37.6 Å². The zero-order valence-electron chi connectivity index (χ0n) is 11.5. The Bertz CT molecular complexity index is 155. The van der Waals surface area contributed by atoms with Gasteiger partial charge in [-0.1, -0.05) is 26.3 Å². The molecule has 0 bridgehead atoms. The van der Waals surface area contributed by atoms with Gasteiger partial charge in [0.05, 0.1) is 0 Å². The van der Waals surface area contributed by atoms with E-state index < -0.39 is 0 Å². The maximum Gasteiger partial charge on any atom is 0.00103 e. The van der Waals surface area contributed by atoms with E-state index in [-0.39, 0.29) is 0 Å². The molecule has 0 aromatic carbocycles. The Hall–Kier alpha value is -0.340. The average molecular weight is 226 g/mol. The van der Waals surface area contributed by atoms with E-state index >= 15 is 0 Å². The Balaban J connectivity index is 3.14. The molecule has 0 heterocycles. The second kappa shape index (κ2) is 11.2. The van der Waals surface area contributed by atoms with Crippen molar-refractivity contribution in [3.8, 4) is 0 Å². The maximum atomic E-state index is 3.74. The first-order valence-corrected chi connectivity index (χ1v) is 6.69. The van der Waals surface area contributed by atoms with Crippen molar-refractivity contribution in [2.24, 2.45) is 0 Å². The fourth-order valence-electron chi connectivity index (χ4n) is 1.69. The predicted octanol–water partition coefficient (Wildman–Crippen LogP) is 3.05. The molecule has 16 heavy (non-hydrogen) atoms. The minimum atomic E-state index is 0.626. The van der Waals surface area contributed by atoms with Gasteiger partial charge in [-0.05, 0) is 52.4 Å². The van der Waals surface area contributed by atoms with E-state index in [9.17, 15) is 0 Å². The maximum absolute atomic E-state index is 3.74. The molecule has 0 fully saturated rings. The Morgan fingerprint density at radius 3 is 2.44 bits per heavy atom. The third kappa shape index (κ3) is 11.7. The second-order valence-electron chi connectivity index (χ2n) is 4.90. The molecule has 0 aromatic heterocycles. The van der Waals surface area contributed by atoms with Gasteiger partial charge in [0, 0.05) is 6.04 Å². The summed E-state index contributed by atoms with van der Waals surface area (Å²) in [4.78, 5) is 2.43. The van der Waals surface area contributed by atoms with E-state index in [1.807, 2.05) is 6.08 Å². The van der Waals surface area contributed by atoms with Crippen LogP contribution < -0.4 is 5.32 Å². The molecule has 0 atom stereocenters. The molecule has 0 aliphatic rings. The summed E-state index contributed by atoms with van der Waals surface area (Å²) in [6.45, 7) is 11.7. The molecule has 0 saturated carbocycles. The van der Waals surface area contributed by atoms with Gasteiger partial charge < -0.3 is 10.2 Å². The Kier molecular flexibility index (Phi) is 10.9. The van der Waals surface area contributed by atoms with E-state index in [4.69, 9.17) is 0 Å². The van der Waals surface area contributed by atoms with Crippen LogP contribution in [-0.2, 0) is 0 Å². The number of nitrogens with one attached hydrogen (secondary N) is 1.